The van der Waals surface area contributed by atoms with E-state index < -0.39 is 4.92 Å². The maximum Gasteiger partial charge on any atom is 0.271 e. The Kier molecular flexibility index (Phi) is 6.37. The molecule has 0 aliphatic carbocycles. The third kappa shape index (κ3) is 5.19. The lowest BCUT2D eigenvalue weighted by Gasteiger charge is -2.10. The van der Waals surface area contributed by atoms with Gasteiger partial charge in [0.2, 0.25) is 5.91 Å². The number of carbonyl (C=O) groups is 1. The lowest BCUT2D eigenvalue weighted by atomic mass is 10.2. The van der Waals surface area contributed by atoms with Crippen molar-refractivity contribution in [2.24, 2.45) is 0 Å². The fraction of sp³-hybridized carbons (Fsp3) is 0.308. The van der Waals surface area contributed by atoms with Gasteiger partial charge in [-0.2, -0.15) is 0 Å². The number of nitro groups is 1. The Morgan fingerprint density at radius 3 is 2.87 bits per heavy atom. The molecule has 23 heavy (non-hydrogen) atoms. The molecule has 1 aromatic carbocycles. The fourth-order valence-electron chi connectivity index (χ4n) is 1.57. The van der Waals surface area contributed by atoms with Crippen LogP contribution in [-0.4, -0.2) is 32.0 Å². The molecule has 1 aromatic heterocycles. The van der Waals surface area contributed by atoms with Gasteiger partial charge in [-0.3, -0.25) is 14.9 Å². The minimum Gasteiger partial charge on any atom is -0.325 e. The van der Waals surface area contributed by atoms with E-state index >= 15 is 0 Å². The van der Waals surface area contributed by atoms with E-state index in [4.69, 9.17) is 0 Å². The summed E-state index contributed by atoms with van der Waals surface area (Å²) in [5.41, 5.74) is 0.338. The average molecular weight is 370 g/mol. The summed E-state index contributed by atoms with van der Waals surface area (Å²) in [5, 5.41) is 21.1. The highest BCUT2D eigenvalue weighted by molar-refractivity contribution is 8.03. The molecule has 2 aromatic rings. The first-order chi connectivity index (χ1) is 11.0. The van der Waals surface area contributed by atoms with Gasteiger partial charge in [0.1, 0.15) is 0 Å². The molecule has 10 heteroatoms. The molecule has 2 rings (SSSR count). The van der Waals surface area contributed by atoms with E-state index in [1.54, 1.807) is 24.8 Å². The normalized spacial score (nSPS) is 11.9. The molecular weight excluding hydrogens is 356 g/mol. The molecule has 122 valence electrons. The molecule has 1 atom stereocenters. The highest BCUT2D eigenvalue weighted by Gasteiger charge is 2.18. The van der Waals surface area contributed by atoms with Gasteiger partial charge in [-0.15, -0.1) is 10.2 Å². The van der Waals surface area contributed by atoms with Crippen LogP contribution in [0.25, 0.3) is 0 Å². The first-order valence-corrected chi connectivity index (χ1v) is 9.36. The van der Waals surface area contributed by atoms with Crippen LogP contribution in [0.4, 0.5) is 11.4 Å². The van der Waals surface area contributed by atoms with Gasteiger partial charge in [-0.25, -0.2) is 0 Å². The molecule has 1 N–H and O–H groups in total. The molecule has 0 saturated heterocycles. The molecule has 0 radical (unpaired) electrons. The lowest BCUT2D eigenvalue weighted by Crippen LogP contribution is -2.22. The molecule has 7 nitrogen and oxygen atoms in total. The van der Waals surface area contributed by atoms with Crippen molar-refractivity contribution in [3.63, 3.8) is 0 Å². The molecule has 0 aliphatic heterocycles. The van der Waals surface area contributed by atoms with Crippen LogP contribution in [0.2, 0.25) is 0 Å². The number of nitrogens with one attached hydrogen (secondary N) is 1. The predicted octanol–water partition coefficient (Wildman–Crippen LogP) is 3.68. The molecule has 0 bridgehead atoms. The second-order valence-electron chi connectivity index (χ2n) is 4.32. The maximum atomic E-state index is 12.2. The number of amides is 1. The summed E-state index contributed by atoms with van der Waals surface area (Å²) in [4.78, 5) is 22.4. The Morgan fingerprint density at radius 2 is 2.17 bits per heavy atom. The summed E-state index contributed by atoms with van der Waals surface area (Å²) in [6.07, 6.45) is 0. The maximum absolute atomic E-state index is 12.2. The van der Waals surface area contributed by atoms with Crippen LogP contribution in [0.5, 0.6) is 0 Å². The Bertz CT molecular complexity index is 707. The molecule has 0 unspecified atom stereocenters. The molecule has 0 fully saturated rings. The number of nitrogens with zero attached hydrogens (tertiary/aromatic N) is 3. The van der Waals surface area contributed by atoms with Gasteiger partial charge < -0.3 is 5.32 Å². The first kappa shape index (κ1) is 17.7. The summed E-state index contributed by atoms with van der Waals surface area (Å²) in [6, 6.07) is 5.85. The SMILES string of the molecule is CCSc1nnc(S[C@H](C)C(=O)Nc2cccc([N+](=O)[O-])c2)s1. The van der Waals surface area contributed by atoms with Crippen LogP contribution in [0.1, 0.15) is 13.8 Å². The lowest BCUT2D eigenvalue weighted by molar-refractivity contribution is -0.384. The van der Waals surface area contributed by atoms with Crippen LogP contribution in [-0.2, 0) is 4.79 Å². The van der Waals surface area contributed by atoms with E-state index in [1.165, 1.54) is 41.3 Å². The zero-order valence-corrected chi connectivity index (χ0v) is 14.8. The largest absolute Gasteiger partial charge is 0.325 e. The van der Waals surface area contributed by atoms with E-state index in [0.717, 1.165) is 14.4 Å². The van der Waals surface area contributed by atoms with Crippen molar-refractivity contribution in [1.29, 1.82) is 0 Å². The number of carbonyl (C=O) groups excluding carboxylic acids is 1. The molecular formula is C13H14N4O3S3. The number of anilines is 1. The van der Waals surface area contributed by atoms with Gasteiger partial charge in [0, 0.05) is 17.8 Å². The second-order valence-corrected chi connectivity index (χ2v) is 8.40. The van der Waals surface area contributed by atoms with Crippen molar-refractivity contribution in [2.75, 3.05) is 11.1 Å². The van der Waals surface area contributed by atoms with E-state index in [2.05, 4.69) is 15.5 Å². The Morgan fingerprint density at radius 1 is 1.43 bits per heavy atom. The quantitative estimate of drug-likeness (QED) is 0.451. The Balaban J connectivity index is 1.96. The number of aromatic nitrogens is 2. The van der Waals surface area contributed by atoms with Crippen LogP contribution in [0.15, 0.2) is 32.9 Å². The van der Waals surface area contributed by atoms with Gasteiger partial charge in [-0.1, -0.05) is 47.9 Å². The van der Waals surface area contributed by atoms with E-state index in [-0.39, 0.29) is 16.8 Å². The second kappa shape index (κ2) is 8.27. The van der Waals surface area contributed by atoms with E-state index in [1.807, 2.05) is 6.92 Å². The summed E-state index contributed by atoms with van der Waals surface area (Å²) in [7, 11) is 0. The third-order valence-corrected chi connectivity index (χ3v) is 5.75. The number of non-ortho nitro benzene ring substituents is 1. The molecule has 0 aliphatic rings. The van der Waals surface area contributed by atoms with Gasteiger partial charge in [-0.05, 0) is 18.7 Å². The van der Waals surface area contributed by atoms with Crippen LogP contribution in [0.3, 0.4) is 0 Å². The van der Waals surface area contributed by atoms with Gasteiger partial charge in [0.05, 0.1) is 10.2 Å². The van der Waals surface area contributed by atoms with Crippen molar-refractivity contribution in [2.45, 2.75) is 27.8 Å². The smallest absolute Gasteiger partial charge is 0.271 e. The number of hydrogen-bond acceptors (Lipinski definition) is 8. The Labute approximate surface area is 145 Å². The average Bonchev–Trinajstić information content (AvgIpc) is 2.95. The molecule has 0 spiro atoms. The number of rotatable bonds is 7. The summed E-state index contributed by atoms with van der Waals surface area (Å²) in [6.45, 7) is 3.79. The summed E-state index contributed by atoms with van der Waals surface area (Å²) >= 11 is 4.37. The number of benzene rings is 1. The van der Waals surface area contributed by atoms with Gasteiger partial charge in [0.25, 0.3) is 5.69 Å². The third-order valence-electron chi connectivity index (χ3n) is 2.63. The predicted molar refractivity (Wildman–Crippen MR) is 93.4 cm³/mol. The summed E-state index contributed by atoms with van der Waals surface area (Å²) < 4.78 is 1.60. The summed E-state index contributed by atoms with van der Waals surface area (Å²) in [5.74, 6) is 0.678. The van der Waals surface area contributed by atoms with Gasteiger partial charge in [0.15, 0.2) is 8.68 Å². The Hall–Kier alpha value is -1.65. The van der Waals surface area contributed by atoms with Crippen LogP contribution in [0, 0.1) is 10.1 Å². The van der Waals surface area contributed by atoms with Crippen molar-refractivity contribution < 1.29 is 9.72 Å². The number of nitro benzene ring substituents is 1. The highest BCUT2D eigenvalue weighted by atomic mass is 32.2. The van der Waals surface area contributed by atoms with Crippen molar-refractivity contribution in [3.05, 3.63) is 34.4 Å². The zero-order chi connectivity index (χ0) is 16.8. The van der Waals surface area contributed by atoms with E-state index in [0.29, 0.717) is 5.69 Å². The zero-order valence-electron chi connectivity index (χ0n) is 12.4. The van der Waals surface area contributed by atoms with Crippen LogP contribution >= 0.6 is 34.9 Å². The molecule has 1 heterocycles. The fourth-order valence-corrected chi connectivity index (χ4v) is 4.63. The van der Waals surface area contributed by atoms with Gasteiger partial charge >= 0.3 is 0 Å². The monoisotopic (exact) mass is 370 g/mol. The van der Waals surface area contributed by atoms with Crippen molar-refractivity contribution >= 4 is 52.1 Å². The standard InChI is InChI=1S/C13H14N4O3S3/c1-3-21-12-15-16-13(23-12)22-8(2)11(18)14-9-5-4-6-10(7-9)17(19)20/h4-8H,3H2,1-2H3,(H,14,18)/t8-/m1/s1. The first-order valence-electron chi connectivity index (χ1n) is 6.68. The number of thioether (sulfide) groups is 2. The van der Waals surface area contributed by atoms with Crippen molar-refractivity contribution in [1.82, 2.24) is 10.2 Å². The van der Waals surface area contributed by atoms with E-state index in [9.17, 15) is 14.9 Å². The topological polar surface area (TPSA) is 98.0 Å². The van der Waals surface area contributed by atoms with Crippen molar-refractivity contribution in [3.8, 4) is 0 Å². The molecule has 0 saturated carbocycles. The highest BCUT2D eigenvalue weighted by Crippen LogP contribution is 2.31. The number of hydrogen-bond donors (Lipinski definition) is 1. The minimum atomic E-state index is -0.498. The minimum absolute atomic E-state index is 0.0616. The molecule has 1 amide bonds. The van der Waals surface area contributed by atoms with Crippen LogP contribution < -0.4 is 5.32 Å².